The summed E-state index contributed by atoms with van der Waals surface area (Å²) in [6.45, 7) is 2.27. The van der Waals surface area contributed by atoms with Crippen molar-refractivity contribution in [2.45, 2.75) is 31.2 Å². The monoisotopic (exact) mass is 506 g/mol. The fourth-order valence-corrected chi connectivity index (χ4v) is 4.41. The molecule has 0 aliphatic carbocycles. The van der Waals surface area contributed by atoms with Crippen LogP contribution < -0.4 is 11.0 Å². The van der Waals surface area contributed by atoms with Crippen LogP contribution in [0.5, 0.6) is 0 Å². The third-order valence-electron chi connectivity index (χ3n) is 6.19. The van der Waals surface area contributed by atoms with E-state index in [-0.39, 0.29) is 18.5 Å². The number of aryl methyl sites for hydroxylation is 1. The van der Waals surface area contributed by atoms with Crippen molar-refractivity contribution < 1.29 is 14.2 Å². The maximum absolute atomic E-state index is 12.7. The van der Waals surface area contributed by atoms with Gasteiger partial charge in [-0.1, -0.05) is 29.5 Å². The minimum atomic E-state index is -1.54. The van der Waals surface area contributed by atoms with Crippen LogP contribution in [0.15, 0.2) is 78.1 Å². The first-order chi connectivity index (χ1) is 17.3. The highest BCUT2D eigenvalue weighted by molar-refractivity contribution is 7.86. The highest BCUT2D eigenvalue weighted by atomic mass is 32.2. The van der Waals surface area contributed by atoms with Crippen molar-refractivity contribution in [2.75, 3.05) is 6.26 Å². The highest BCUT2D eigenvalue weighted by Crippen LogP contribution is 2.23. The molecule has 36 heavy (non-hydrogen) atoms. The SMILES string of the molecule is CS(=O)C(C)(CCn1ccc(-c2ccc(-c3cn(Cc4ccncc4)nn3)cc2)cc1=O)C(=O)NO. The van der Waals surface area contributed by atoms with E-state index in [1.807, 2.05) is 48.7 Å². The zero-order valence-electron chi connectivity index (χ0n) is 19.9. The summed E-state index contributed by atoms with van der Waals surface area (Å²) in [5, 5.41) is 17.4. The van der Waals surface area contributed by atoms with Gasteiger partial charge in [0.05, 0.1) is 12.7 Å². The lowest BCUT2D eigenvalue weighted by molar-refractivity contribution is -0.131. The van der Waals surface area contributed by atoms with Crippen molar-refractivity contribution in [2.24, 2.45) is 0 Å². The number of hydrogen-bond donors (Lipinski definition) is 2. The van der Waals surface area contributed by atoms with Crippen LogP contribution in [0.3, 0.4) is 0 Å². The summed E-state index contributed by atoms with van der Waals surface area (Å²) in [4.78, 5) is 28.7. The van der Waals surface area contributed by atoms with Crippen molar-refractivity contribution in [1.29, 1.82) is 0 Å². The Balaban J connectivity index is 1.46. The molecule has 3 heterocycles. The molecule has 0 saturated heterocycles. The van der Waals surface area contributed by atoms with Gasteiger partial charge in [0, 0.05) is 53.8 Å². The van der Waals surface area contributed by atoms with E-state index >= 15 is 0 Å². The van der Waals surface area contributed by atoms with Gasteiger partial charge in [-0.25, -0.2) is 10.2 Å². The van der Waals surface area contributed by atoms with Gasteiger partial charge in [0.2, 0.25) is 0 Å². The summed E-state index contributed by atoms with van der Waals surface area (Å²) in [7, 11) is -1.54. The fourth-order valence-electron chi connectivity index (χ4n) is 3.73. The van der Waals surface area contributed by atoms with Crippen LogP contribution in [0, 0.1) is 0 Å². The van der Waals surface area contributed by atoms with Crippen molar-refractivity contribution >= 4 is 16.7 Å². The summed E-state index contributed by atoms with van der Waals surface area (Å²) < 4.78 is 14.0. The van der Waals surface area contributed by atoms with Gasteiger partial charge in [0.15, 0.2) is 0 Å². The van der Waals surface area contributed by atoms with Crippen LogP contribution in [-0.4, -0.2) is 50.9 Å². The molecular formula is C25H26N6O4S. The smallest absolute Gasteiger partial charge is 0.261 e. The van der Waals surface area contributed by atoms with Crippen LogP contribution in [0.2, 0.25) is 0 Å². The lowest BCUT2D eigenvalue weighted by Gasteiger charge is -2.24. The number of hydroxylamine groups is 1. The third kappa shape index (κ3) is 5.47. The van der Waals surface area contributed by atoms with Gasteiger partial charge in [-0.15, -0.1) is 5.10 Å². The Morgan fingerprint density at radius 1 is 1.08 bits per heavy atom. The molecule has 2 N–H and O–H groups in total. The van der Waals surface area contributed by atoms with E-state index in [4.69, 9.17) is 5.21 Å². The number of nitrogens with one attached hydrogen (secondary N) is 1. The predicted molar refractivity (Wildman–Crippen MR) is 136 cm³/mol. The molecule has 2 atom stereocenters. The number of rotatable bonds is 9. The molecule has 0 saturated carbocycles. The standard InChI is InChI=1S/C25H26N6O4S/c1-25(36(2)35,24(33)28-34)10-14-30-13-9-21(15-23(30)32)19-3-5-20(6-4-19)22-17-31(29-27-22)16-18-7-11-26-12-8-18/h3-9,11-13,15,17,34H,10,14,16H2,1-2H3,(H,28,33). The van der Waals surface area contributed by atoms with Crippen LogP contribution in [-0.2, 0) is 28.7 Å². The molecule has 186 valence electrons. The molecule has 10 nitrogen and oxygen atoms in total. The van der Waals surface area contributed by atoms with E-state index in [0.29, 0.717) is 6.54 Å². The molecule has 0 bridgehead atoms. The van der Waals surface area contributed by atoms with Crippen molar-refractivity contribution in [1.82, 2.24) is 30.0 Å². The third-order valence-corrected chi connectivity index (χ3v) is 7.85. The maximum Gasteiger partial charge on any atom is 0.261 e. The van der Waals surface area contributed by atoms with E-state index in [1.165, 1.54) is 23.8 Å². The van der Waals surface area contributed by atoms with Gasteiger partial charge in [-0.05, 0) is 48.2 Å². The van der Waals surface area contributed by atoms with E-state index in [0.717, 1.165) is 27.9 Å². The van der Waals surface area contributed by atoms with E-state index in [2.05, 4.69) is 15.3 Å². The van der Waals surface area contributed by atoms with Gasteiger partial charge in [0.25, 0.3) is 11.5 Å². The number of hydrogen-bond acceptors (Lipinski definition) is 7. The highest BCUT2D eigenvalue weighted by Gasteiger charge is 2.37. The summed E-state index contributed by atoms with van der Waals surface area (Å²) in [5.41, 5.74) is 5.66. The molecule has 1 amide bonds. The van der Waals surface area contributed by atoms with Gasteiger partial charge < -0.3 is 4.57 Å². The van der Waals surface area contributed by atoms with Crippen LogP contribution in [0.1, 0.15) is 18.9 Å². The van der Waals surface area contributed by atoms with Gasteiger partial charge in [0.1, 0.15) is 10.4 Å². The maximum atomic E-state index is 12.7. The van der Waals surface area contributed by atoms with Crippen molar-refractivity contribution in [3.63, 3.8) is 0 Å². The van der Waals surface area contributed by atoms with Gasteiger partial charge in [-0.2, -0.15) is 0 Å². The molecule has 11 heteroatoms. The molecule has 2 unspecified atom stereocenters. The second-order valence-corrected chi connectivity index (χ2v) is 10.4. The minimum absolute atomic E-state index is 0.123. The fraction of sp³-hybridized carbons (Fsp3) is 0.240. The largest absolute Gasteiger partial charge is 0.315 e. The number of amides is 1. The number of carbonyl (C=O) groups is 1. The Morgan fingerprint density at radius 2 is 1.78 bits per heavy atom. The average molecular weight is 507 g/mol. The predicted octanol–water partition coefficient (Wildman–Crippen LogP) is 2.25. The summed E-state index contributed by atoms with van der Waals surface area (Å²) in [5.74, 6) is -0.745. The number of benzene rings is 1. The normalized spacial score (nSPS) is 13.6. The first-order valence-electron chi connectivity index (χ1n) is 11.2. The molecule has 0 radical (unpaired) electrons. The Kier molecular flexibility index (Phi) is 7.51. The molecule has 0 fully saturated rings. The van der Waals surface area contributed by atoms with E-state index in [1.54, 1.807) is 28.8 Å². The minimum Gasteiger partial charge on any atom is -0.315 e. The quantitative estimate of drug-likeness (QED) is 0.263. The van der Waals surface area contributed by atoms with E-state index < -0.39 is 21.5 Å². The summed E-state index contributed by atoms with van der Waals surface area (Å²) >= 11 is 0. The summed E-state index contributed by atoms with van der Waals surface area (Å²) in [6, 6.07) is 14.9. The number of pyridine rings is 2. The average Bonchev–Trinajstić information content (AvgIpc) is 3.36. The Hall–Kier alpha value is -3.96. The second-order valence-electron chi connectivity index (χ2n) is 8.56. The van der Waals surface area contributed by atoms with Gasteiger partial charge >= 0.3 is 0 Å². The van der Waals surface area contributed by atoms with Crippen molar-refractivity contribution in [3.05, 3.63) is 89.2 Å². The number of carbonyl (C=O) groups excluding carboxylic acids is 1. The van der Waals surface area contributed by atoms with Crippen molar-refractivity contribution in [3.8, 4) is 22.4 Å². The number of nitrogens with zero attached hydrogens (tertiary/aromatic N) is 5. The molecule has 4 rings (SSSR count). The zero-order valence-corrected chi connectivity index (χ0v) is 20.7. The zero-order chi connectivity index (χ0) is 25.7. The lowest BCUT2D eigenvalue weighted by Crippen LogP contribution is -2.47. The Labute approximate surface area is 210 Å². The topological polar surface area (TPSA) is 132 Å². The van der Waals surface area contributed by atoms with Crippen LogP contribution >= 0.6 is 0 Å². The molecule has 3 aromatic heterocycles. The Morgan fingerprint density at radius 3 is 2.42 bits per heavy atom. The molecule has 4 aromatic rings. The molecular weight excluding hydrogens is 480 g/mol. The van der Waals surface area contributed by atoms with Crippen LogP contribution in [0.25, 0.3) is 22.4 Å². The van der Waals surface area contributed by atoms with E-state index in [9.17, 15) is 13.8 Å². The summed E-state index contributed by atoms with van der Waals surface area (Å²) in [6.07, 6.45) is 8.52. The Bertz CT molecular complexity index is 1430. The van der Waals surface area contributed by atoms with Crippen LogP contribution in [0.4, 0.5) is 0 Å². The second kappa shape index (κ2) is 10.8. The van der Waals surface area contributed by atoms with Gasteiger partial charge in [-0.3, -0.25) is 24.0 Å². The molecule has 0 aliphatic heterocycles. The number of aromatic nitrogens is 5. The molecule has 0 aliphatic rings. The lowest BCUT2D eigenvalue weighted by atomic mass is 10.0. The molecule has 0 spiro atoms. The molecule has 1 aromatic carbocycles. The first-order valence-corrected chi connectivity index (χ1v) is 12.7. The first kappa shape index (κ1) is 25.1.